The zero-order valence-corrected chi connectivity index (χ0v) is 15.0. The van der Waals surface area contributed by atoms with Crippen LogP contribution in [0.1, 0.15) is 23.7 Å². The van der Waals surface area contributed by atoms with Crippen molar-refractivity contribution in [1.29, 1.82) is 0 Å². The van der Waals surface area contributed by atoms with Crippen molar-refractivity contribution in [1.82, 2.24) is 10.5 Å². The highest BCUT2D eigenvalue weighted by Crippen LogP contribution is 2.39. The number of rotatable bonds is 4. The molecule has 2 N–H and O–H groups in total. The molecule has 1 unspecified atom stereocenters. The zero-order valence-electron chi connectivity index (χ0n) is 14.2. The molecule has 3 rings (SSSR count). The van der Waals surface area contributed by atoms with Gasteiger partial charge in [0, 0.05) is 16.0 Å². The molecule has 0 spiro atoms. The Morgan fingerprint density at radius 2 is 1.88 bits per heavy atom. The maximum Gasteiger partial charge on any atom is 0.405 e. The van der Waals surface area contributed by atoms with Crippen LogP contribution in [0.3, 0.4) is 0 Å². The highest BCUT2D eigenvalue weighted by Gasteiger charge is 2.39. The van der Waals surface area contributed by atoms with Gasteiger partial charge in [-0.2, -0.15) is 0 Å². The summed E-state index contributed by atoms with van der Waals surface area (Å²) in [5, 5.41) is 15.8. The molecule has 1 aromatic heterocycles. The van der Waals surface area contributed by atoms with E-state index in [0.717, 1.165) is 4.90 Å². The van der Waals surface area contributed by atoms with E-state index in [1.165, 1.54) is 12.1 Å². The molecule has 2 aromatic carbocycles. The number of amides is 1. The van der Waals surface area contributed by atoms with Gasteiger partial charge in [-0.15, -0.1) is 12.6 Å². The molecule has 0 aliphatic carbocycles. The molecule has 1 atom stereocenters. The van der Waals surface area contributed by atoms with Gasteiger partial charge in [0.25, 0.3) is 0 Å². The molecule has 0 fully saturated rings. The van der Waals surface area contributed by atoms with E-state index >= 15 is 0 Å². The number of carboxylic acid groups (broad SMARTS) is 1. The van der Waals surface area contributed by atoms with Crippen molar-refractivity contribution in [2.24, 2.45) is 0 Å². The van der Waals surface area contributed by atoms with Crippen molar-refractivity contribution in [3.63, 3.8) is 0 Å². The Balaban J connectivity index is 2.26. The van der Waals surface area contributed by atoms with Gasteiger partial charge in [-0.1, -0.05) is 35.5 Å². The highest BCUT2D eigenvalue weighted by molar-refractivity contribution is 7.80. The first-order chi connectivity index (χ1) is 12.3. The maximum atomic E-state index is 14.6. The lowest BCUT2D eigenvalue weighted by atomic mass is 9.82. The molecule has 0 radical (unpaired) electrons. The molecule has 0 saturated heterocycles. The molecule has 0 saturated carbocycles. The molecule has 26 heavy (non-hydrogen) atoms. The van der Waals surface area contributed by atoms with Gasteiger partial charge >= 0.3 is 6.09 Å². The van der Waals surface area contributed by atoms with E-state index in [-0.39, 0.29) is 5.56 Å². The fraction of sp³-hybridized carbons (Fsp3) is 0.158. The number of aryl methyl sites for hydroxylation is 1. The molecule has 3 aromatic rings. The Hall–Kier alpha value is -2.80. The number of hydrogen-bond acceptors (Lipinski definition) is 4. The van der Waals surface area contributed by atoms with E-state index < -0.39 is 17.4 Å². The summed E-state index contributed by atoms with van der Waals surface area (Å²) in [5.41, 5.74) is 0.399. The SMILES string of the molecule is Cc1noc(-c2ccc(S)cc2)c1C(C)(NC(=O)O)c1ccccc1F. The largest absolute Gasteiger partial charge is 0.465 e. The van der Waals surface area contributed by atoms with Crippen molar-refractivity contribution in [2.75, 3.05) is 0 Å². The fourth-order valence-electron chi connectivity index (χ4n) is 3.11. The van der Waals surface area contributed by atoms with Crippen molar-refractivity contribution in [2.45, 2.75) is 24.3 Å². The minimum atomic E-state index is -1.39. The summed E-state index contributed by atoms with van der Waals surface area (Å²) in [7, 11) is 0. The third kappa shape index (κ3) is 3.17. The molecule has 134 valence electrons. The average Bonchev–Trinajstić information content (AvgIpc) is 2.97. The van der Waals surface area contributed by atoms with Gasteiger partial charge in [0.2, 0.25) is 0 Å². The van der Waals surface area contributed by atoms with E-state index in [1.54, 1.807) is 50.2 Å². The molecule has 1 amide bonds. The summed E-state index contributed by atoms with van der Waals surface area (Å²) in [6.07, 6.45) is -1.28. The quantitative estimate of drug-likeness (QED) is 0.585. The van der Waals surface area contributed by atoms with Gasteiger partial charge in [0.05, 0.1) is 16.8 Å². The molecule has 1 heterocycles. The smallest absolute Gasteiger partial charge is 0.405 e. The first-order valence-electron chi connectivity index (χ1n) is 7.85. The molecular formula is C19H17FN2O3S. The first-order valence-corrected chi connectivity index (χ1v) is 8.30. The molecule has 5 nitrogen and oxygen atoms in total. The molecular weight excluding hydrogens is 355 g/mol. The van der Waals surface area contributed by atoms with Crippen LogP contribution in [0.5, 0.6) is 0 Å². The zero-order chi connectivity index (χ0) is 18.9. The molecule has 0 aliphatic rings. The van der Waals surface area contributed by atoms with E-state index in [0.29, 0.717) is 22.6 Å². The van der Waals surface area contributed by atoms with Crippen LogP contribution < -0.4 is 5.32 Å². The molecule has 0 bridgehead atoms. The second-order valence-electron chi connectivity index (χ2n) is 6.05. The maximum absolute atomic E-state index is 14.6. The second kappa shape index (κ2) is 6.84. The van der Waals surface area contributed by atoms with Crippen LogP contribution in [0.15, 0.2) is 57.9 Å². The Labute approximate surface area is 155 Å². The third-order valence-corrected chi connectivity index (χ3v) is 4.56. The van der Waals surface area contributed by atoms with Crippen LogP contribution >= 0.6 is 12.6 Å². The van der Waals surface area contributed by atoms with Crippen molar-refractivity contribution < 1.29 is 18.8 Å². The van der Waals surface area contributed by atoms with Crippen LogP contribution in [0.2, 0.25) is 0 Å². The van der Waals surface area contributed by atoms with Crippen molar-refractivity contribution in [3.05, 3.63) is 71.2 Å². The summed E-state index contributed by atoms with van der Waals surface area (Å²) in [6, 6.07) is 13.2. The topological polar surface area (TPSA) is 75.4 Å². The number of nitrogens with one attached hydrogen (secondary N) is 1. The lowest BCUT2D eigenvalue weighted by molar-refractivity contribution is 0.184. The summed E-state index contributed by atoms with van der Waals surface area (Å²) in [5.74, 6) is -0.156. The van der Waals surface area contributed by atoms with Gasteiger partial charge < -0.3 is 14.9 Å². The lowest BCUT2D eigenvalue weighted by Gasteiger charge is -2.31. The molecule has 7 heteroatoms. The van der Waals surface area contributed by atoms with Crippen LogP contribution in [0.4, 0.5) is 9.18 Å². The highest BCUT2D eigenvalue weighted by atomic mass is 32.1. The van der Waals surface area contributed by atoms with Crippen LogP contribution in [0, 0.1) is 12.7 Å². The van der Waals surface area contributed by atoms with Crippen molar-refractivity contribution in [3.8, 4) is 11.3 Å². The monoisotopic (exact) mass is 372 g/mol. The number of halogens is 1. The van der Waals surface area contributed by atoms with Gasteiger partial charge in [-0.25, -0.2) is 9.18 Å². The van der Waals surface area contributed by atoms with E-state index in [4.69, 9.17) is 4.52 Å². The Morgan fingerprint density at radius 1 is 1.23 bits per heavy atom. The standard InChI is InChI=1S/C19H17FN2O3S/c1-11-16(17(25-22-11)12-7-9-13(26)10-8-12)19(2,21-18(23)24)14-5-3-4-6-15(14)20/h3-10,21,26H,1-2H3,(H,23,24). The number of carbonyl (C=O) groups is 1. The molecule has 0 aliphatic heterocycles. The minimum absolute atomic E-state index is 0.181. The fourth-order valence-corrected chi connectivity index (χ4v) is 3.26. The van der Waals surface area contributed by atoms with Crippen LogP contribution in [-0.4, -0.2) is 16.4 Å². The van der Waals surface area contributed by atoms with Gasteiger partial charge in [-0.3, -0.25) is 0 Å². The number of benzene rings is 2. The van der Waals surface area contributed by atoms with Gasteiger partial charge in [0.15, 0.2) is 5.76 Å². The van der Waals surface area contributed by atoms with E-state index in [2.05, 4.69) is 23.1 Å². The summed E-state index contributed by atoms with van der Waals surface area (Å²) < 4.78 is 20.0. The normalized spacial score (nSPS) is 13.2. The van der Waals surface area contributed by atoms with E-state index in [1.807, 2.05) is 0 Å². The Morgan fingerprint density at radius 3 is 2.50 bits per heavy atom. The third-order valence-electron chi connectivity index (χ3n) is 4.26. The summed E-state index contributed by atoms with van der Waals surface area (Å²) >= 11 is 4.26. The second-order valence-corrected chi connectivity index (χ2v) is 6.57. The predicted octanol–water partition coefficient (Wildman–Crippen LogP) is 4.61. The Bertz CT molecular complexity index is 956. The number of nitrogens with zero attached hydrogens (tertiary/aromatic N) is 1. The van der Waals surface area contributed by atoms with Gasteiger partial charge in [-0.05, 0) is 32.0 Å². The average molecular weight is 372 g/mol. The van der Waals surface area contributed by atoms with Crippen LogP contribution in [0.25, 0.3) is 11.3 Å². The lowest BCUT2D eigenvalue weighted by Crippen LogP contribution is -2.45. The summed E-state index contributed by atoms with van der Waals surface area (Å²) in [4.78, 5) is 12.3. The Kier molecular flexibility index (Phi) is 4.73. The minimum Gasteiger partial charge on any atom is -0.465 e. The number of aromatic nitrogens is 1. The summed E-state index contributed by atoms with van der Waals surface area (Å²) in [6.45, 7) is 3.29. The predicted molar refractivity (Wildman–Crippen MR) is 97.9 cm³/mol. The van der Waals surface area contributed by atoms with E-state index in [9.17, 15) is 14.3 Å². The van der Waals surface area contributed by atoms with Gasteiger partial charge in [0.1, 0.15) is 5.82 Å². The number of hydrogen-bond donors (Lipinski definition) is 3. The first kappa shape index (κ1) is 18.0. The van der Waals surface area contributed by atoms with Crippen molar-refractivity contribution >= 4 is 18.7 Å². The van der Waals surface area contributed by atoms with Crippen LogP contribution in [-0.2, 0) is 5.54 Å². The number of thiol groups is 1.